The number of aryl methyl sites for hydroxylation is 1. The van der Waals surface area contributed by atoms with Crippen molar-refractivity contribution in [3.05, 3.63) is 63.7 Å². The Labute approximate surface area is 142 Å². The van der Waals surface area contributed by atoms with E-state index in [0.717, 1.165) is 10.7 Å². The lowest BCUT2D eigenvalue weighted by Gasteiger charge is -2.04. The fraction of sp³-hybridized carbons (Fsp3) is 0.118. The van der Waals surface area contributed by atoms with E-state index in [0.29, 0.717) is 22.6 Å². The Morgan fingerprint density at radius 2 is 1.88 bits per heavy atom. The van der Waals surface area contributed by atoms with E-state index in [1.54, 1.807) is 29.5 Å². The molecule has 6 nitrogen and oxygen atoms in total. The van der Waals surface area contributed by atoms with Crippen molar-refractivity contribution in [2.24, 2.45) is 5.73 Å². The second-order valence-corrected chi connectivity index (χ2v) is 6.20. The highest BCUT2D eigenvalue weighted by molar-refractivity contribution is 7.09. The molecule has 2 aromatic heterocycles. The molecule has 122 valence electrons. The number of nitrogens with one attached hydrogen (secondary N) is 1. The minimum absolute atomic E-state index is 0.256. The third-order valence-electron chi connectivity index (χ3n) is 3.39. The highest BCUT2D eigenvalue weighted by Crippen LogP contribution is 2.23. The van der Waals surface area contributed by atoms with Crippen LogP contribution in [0.5, 0.6) is 0 Å². The zero-order chi connectivity index (χ0) is 17.1. The summed E-state index contributed by atoms with van der Waals surface area (Å²) in [7, 11) is 0. The van der Waals surface area contributed by atoms with Crippen LogP contribution in [0.15, 0.2) is 46.2 Å². The van der Waals surface area contributed by atoms with Gasteiger partial charge in [-0.05, 0) is 43.3 Å². The van der Waals surface area contributed by atoms with E-state index in [2.05, 4.69) is 10.3 Å². The maximum Gasteiger partial charge on any atom is 0.251 e. The molecule has 0 atom stereocenters. The molecule has 0 aliphatic carbocycles. The Kier molecular flexibility index (Phi) is 4.43. The molecule has 0 spiro atoms. The van der Waals surface area contributed by atoms with Crippen molar-refractivity contribution in [3.8, 4) is 11.5 Å². The lowest BCUT2D eigenvalue weighted by atomic mass is 10.1. The van der Waals surface area contributed by atoms with Crippen LogP contribution in [0.2, 0.25) is 0 Å². The van der Waals surface area contributed by atoms with Crippen LogP contribution >= 0.6 is 11.3 Å². The molecule has 0 saturated carbocycles. The summed E-state index contributed by atoms with van der Waals surface area (Å²) in [4.78, 5) is 27.5. The number of nitrogens with zero attached hydrogens (tertiary/aromatic N) is 1. The van der Waals surface area contributed by atoms with Crippen molar-refractivity contribution in [1.29, 1.82) is 0 Å². The Morgan fingerprint density at radius 1 is 1.17 bits per heavy atom. The maximum absolute atomic E-state index is 12.1. The zero-order valence-electron chi connectivity index (χ0n) is 12.9. The highest BCUT2D eigenvalue weighted by Gasteiger charge is 2.10. The smallest absolute Gasteiger partial charge is 0.251 e. The fourth-order valence-corrected chi connectivity index (χ4v) is 2.74. The maximum atomic E-state index is 12.1. The topological polar surface area (TPSA) is 98.2 Å². The number of carbonyl (C=O) groups excluding carboxylic acids is 2. The van der Waals surface area contributed by atoms with Crippen molar-refractivity contribution >= 4 is 23.2 Å². The first-order valence-corrected chi connectivity index (χ1v) is 8.10. The van der Waals surface area contributed by atoms with Gasteiger partial charge in [0.25, 0.3) is 5.91 Å². The summed E-state index contributed by atoms with van der Waals surface area (Å²) in [5, 5.41) is 5.66. The second-order valence-electron chi connectivity index (χ2n) is 5.14. The average Bonchev–Trinajstić information content (AvgIpc) is 3.21. The number of primary amides is 1. The summed E-state index contributed by atoms with van der Waals surface area (Å²) in [5.41, 5.74) is 6.77. The predicted molar refractivity (Wildman–Crippen MR) is 90.7 cm³/mol. The molecule has 1 aromatic carbocycles. The van der Waals surface area contributed by atoms with Crippen LogP contribution in [0.3, 0.4) is 0 Å². The summed E-state index contributed by atoms with van der Waals surface area (Å²) >= 11 is 1.55. The Bertz CT molecular complexity index is 881. The lowest BCUT2D eigenvalue weighted by molar-refractivity contribution is 0.0945. The molecule has 2 amide bonds. The number of carbonyl (C=O) groups is 2. The van der Waals surface area contributed by atoms with E-state index in [4.69, 9.17) is 10.2 Å². The summed E-state index contributed by atoms with van der Waals surface area (Å²) in [6.45, 7) is 2.20. The summed E-state index contributed by atoms with van der Waals surface area (Å²) in [5.74, 6) is 0.531. The van der Waals surface area contributed by atoms with Crippen LogP contribution in [0.25, 0.3) is 11.5 Å². The molecular weight excluding hydrogens is 326 g/mol. The van der Waals surface area contributed by atoms with Crippen molar-refractivity contribution in [3.63, 3.8) is 0 Å². The molecule has 0 aliphatic heterocycles. The molecule has 3 N–H and O–H groups in total. The van der Waals surface area contributed by atoms with Gasteiger partial charge in [-0.1, -0.05) is 0 Å². The normalized spacial score (nSPS) is 10.5. The Hall–Kier alpha value is -2.93. The van der Waals surface area contributed by atoms with Gasteiger partial charge < -0.3 is 15.5 Å². The molecular formula is C17H15N3O3S. The van der Waals surface area contributed by atoms with Gasteiger partial charge in [0.1, 0.15) is 11.5 Å². The van der Waals surface area contributed by atoms with Crippen LogP contribution < -0.4 is 11.1 Å². The van der Waals surface area contributed by atoms with Crippen LogP contribution in [0.4, 0.5) is 0 Å². The quantitative estimate of drug-likeness (QED) is 0.745. The second kappa shape index (κ2) is 6.67. The molecule has 0 radical (unpaired) electrons. The van der Waals surface area contributed by atoms with Gasteiger partial charge in [0.2, 0.25) is 5.91 Å². The van der Waals surface area contributed by atoms with Crippen molar-refractivity contribution in [2.45, 2.75) is 13.5 Å². The van der Waals surface area contributed by atoms with Crippen molar-refractivity contribution in [2.75, 3.05) is 0 Å². The molecule has 3 aromatic rings. The molecule has 3 rings (SSSR count). The average molecular weight is 341 g/mol. The highest BCUT2D eigenvalue weighted by atomic mass is 32.1. The monoisotopic (exact) mass is 341 g/mol. The van der Waals surface area contributed by atoms with Crippen LogP contribution in [-0.2, 0) is 6.54 Å². The number of amides is 2. The van der Waals surface area contributed by atoms with Crippen LogP contribution in [0.1, 0.15) is 31.5 Å². The number of hydrogen-bond donors (Lipinski definition) is 2. The van der Waals surface area contributed by atoms with Gasteiger partial charge in [-0.15, -0.1) is 11.3 Å². The predicted octanol–water partition coefficient (Wildman–Crippen LogP) is 2.74. The molecule has 24 heavy (non-hydrogen) atoms. The summed E-state index contributed by atoms with van der Waals surface area (Å²) < 4.78 is 5.69. The largest absolute Gasteiger partial charge is 0.458 e. The Balaban J connectivity index is 1.62. The standard InChI is InChI=1S/C17H15N3O3S/c1-10-20-14(9-24-10)15-7-6-13(23-15)8-19-17(22)12-4-2-11(3-5-12)16(18)21/h2-7,9H,8H2,1H3,(H2,18,21)(H,19,22). The third kappa shape index (κ3) is 3.52. The van der Waals surface area contributed by atoms with Crippen molar-refractivity contribution < 1.29 is 14.0 Å². The minimum Gasteiger partial charge on any atom is -0.458 e. The van der Waals surface area contributed by atoms with Gasteiger partial charge in [-0.3, -0.25) is 9.59 Å². The fourth-order valence-electron chi connectivity index (χ4n) is 2.14. The van der Waals surface area contributed by atoms with E-state index < -0.39 is 5.91 Å². The van der Waals surface area contributed by atoms with E-state index in [-0.39, 0.29) is 12.5 Å². The van der Waals surface area contributed by atoms with Crippen molar-refractivity contribution in [1.82, 2.24) is 10.3 Å². The van der Waals surface area contributed by atoms with Crippen LogP contribution in [0, 0.1) is 6.92 Å². The summed E-state index contributed by atoms with van der Waals surface area (Å²) in [6, 6.07) is 9.79. The van der Waals surface area contributed by atoms with E-state index >= 15 is 0 Å². The molecule has 0 bridgehead atoms. The van der Waals surface area contributed by atoms with Gasteiger partial charge in [-0.25, -0.2) is 4.98 Å². The van der Waals surface area contributed by atoms with E-state index in [1.807, 2.05) is 18.4 Å². The number of nitrogens with two attached hydrogens (primary N) is 1. The van der Waals surface area contributed by atoms with Gasteiger partial charge in [0.05, 0.1) is 11.6 Å². The van der Waals surface area contributed by atoms with Crippen LogP contribution in [-0.4, -0.2) is 16.8 Å². The number of thiazole rings is 1. The number of hydrogen-bond acceptors (Lipinski definition) is 5. The van der Waals surface area contributed by atoms with Gasteiger partial charge in [-0.2, -0.15) is 0 Å². The SMILES string of the molecule is Cc1nc(-c2ccc(CNC(=O)c3ccc(C(N)=O)cc3)o2)cs1. The van der Waals surface area contributed by atoms with E-state index in [9.17, 15) is 9.59 Å². The molecule has 2 heterocycles. The first kappa shape index (κ1) is 15.9. The molecule has 0 saturated heterocycles. The van der Waals surface area contributed by atoms with Gasteiger partial charge >= 0.3 is 0 Å². The number of rotatable bonds is 5. The summed E-state index contributed by atoms with van der Waals surface area (Å²) in [6.07, 6.45) is 0. The molecule has 0 aliphatic rings. The lowest BCUT2D eigenvalue weighted by Crippen LogP contribution is -2.22. The molecule has 0 fully saturated rings. The minimum atomic E-state index is -0.526. The Morgan fingerprint density at radius 3 is 2.50 bits per heavy atom. The van der Waals surface area contributed by atoms with Gasteiger partial charge in [0, 0.05) is 16.5 Å². The molecule has 0 unspecified atom stereocenters. The number of aromatic nitrogens is 1. The number of furan rings is 1. The van der Waals surface area contributed by atoms with E-state index in [1.165, 1.54) is 12.1 Å². The van der Waals surface area contributed by atoms with Gasteiger partial charge in [0.15, 0.2) is 5.76 Å². The number of benzene rings is 1. The molecule has 7 heteroatoms. The first-order valence-electron chi connectivity index (χ1n) is 7.22. The zero-order valence-corrected chi connectivity index (χ0v) is 13.7. The third-order valence-corrected chi connectivity index (χ3v) is 4.16. The first-order chi connectivity index (χ1) is 11.5.